The fourth-order valence-corrected chi connectivity index (χ4v) is 3.10. The molecular formula is C21H17N3O4. The van der Waals surface area contributed by atoms with E-state index in [-0.39, 0.29) is 29.9 Å². The van der Waals surface area contributed by atoms with Crippen LogP contribution >= 0.6 is 0 Å². The molecule has 3 aromatic rings. The van der Waals surface area contributed by atoms with Crippen molar-refractivity contribution in [3.8, 4) is 11.3 Å². The summed E-state index contributed by atoms with van der Waals surface area (Å²) in [5, 5.41) is 8.99. The molecule has 28 heavy (non-hydrogen) atoms. The molecule has 140 valence electrons. The molecule has 7 heteroatoms. The third-order valence-corrected chi connectivity index (χ3v) is 4.56. The first kappa shape index (κ1) is 17.7. The molecule has 1 aromatic heterocycles. The number of anilines is 1. The van der Waals surface area contributed by atoms with Crippen molar-refractivity contribution >= 4 is 23.4 Å². The number of carbonyl (C=O) groups excluding carboxylic acids is 3. The second-order valence-electron chi connectivity index (χ2n) is 6.61. The lowest BCUT2D eigenvalue weighted by atomic mass is 9.98. The molecular weight excluding hydrogens is 358 g/mol. The molecule has 7 nitrogen and oxygen atoms in total. The van der Waals surface area contributed by atoms with Crippen molar-refractivity contribution in [3.63, 3.8) is 0 Å². The van der Waals surface area contributed by atoms with Crippen molar-refractivity contribution < 1.29 is 18.9 Å². The van der Waals surface area contributed by atoms with Gasteiger partial charge in [0.05, 0.1) is 5.92 Å². The second kappa shape index (κ2) is 7.48. The standard InChI is InChI=1S/C21H17N3O4/c25-19-11-15(20(26)23-19)10-13-6-8-16(9-7-13)22-21(27)18-12-17(24-28-18)14-4-2-1-3-5-14/h1-9,12,15H,10-11H2,(H,22,27)(H,23,25,26). The van der Waals surface area contributed by atoms with E-state index in [2.05, 4.69) is 15.8 Å². The van der Waals surface area contributed by atoms with Crippen LogP contribution in [0.1, 0.15) is 22.5 Å². The van der Waals surface area contributed by atoms with Gasteiger partial charge in [0.2, 0.25) is 17.6 Å². The van der Waals surface area contributed by atoms with Crippen LogP contribution in [-0.4, -0.2) is 22.9 Å². The normalized spacial score (nSPS) is 16.1. The zero-order chi connectivity index (χ0) is 19.5. The van der Waals surface area contributed by atoms with Crippen LogP contribution in [0.15, 0.2) is 65.2 Å². The van der Waals surface area contributed by atoms with Gasteiger partial charge in [-0.3, -0.25) is 19.7 Å². The topological polar surface area (TPSA) is 101 Å². The summed E-state index contributed by atoms with van der Waals surface area (Å²) in [6, 6.07) is 18.2. The van der Waals surface area contributed by atoms with Crippen LogP contribution in [0.4, 0.5) is 5.69 Å². The van der Waals surface area contributed by atoms with E-state index in [1.165, 1.54) is 0 Å². The summed E-state index contributed by atoms with van der Waals surface area (Å²) in [7, 11) is 0. The van der Waals surface area contributed by atoms with Crippen molar-refractivity contribution in [3.05, 3.63) is 72.0 Å². The highest BCUT2D eigenvalue weighted by Crippen LogP contribution is 2.21. The number of nitrogens with one attached hydrogen (secondary N) is 2. The lowest BCUT2D eigenvalue weighted by Crippen LogP contribution is -2.22. The van der Waals surface area contributed by atoms with Crippen LogP contribution in [-0.2, 0) is 16.0 Å². The summed E-state index contributed by atoms with van der Waals surface area (Å²) < 4.78 is 5.15. The summed E-state index contributed by atoms with van der Waals surface area (Å²) in [5.41, 5.74) is 2.96. The minimum Gasteiger partial charge on any atom is -0.350 e. The fourth-order valence-electron chi connectivity index (χ4n) is 3.10. The SMILES string of the molecule is O=C1CC(Cc2ccc(NC(=O)c3cc(-c4ccccc4)no3)cc2)C(=O)N1. The monoisotopic (exact) mass is 375 g/mol. The van der Waals surface area contributed by atoms with Gasteiger partial charge in [0.15, 0.2) is 0 Å². The average Bonchev–Trinajstić information content (AvgIpc) is 3.31. The molecule has 1 atom stereocenters. The van der Waals surface area contributed by atoms with Gasteiger partial charge < -0.3 is 9.84 Å². The van der Waals surface area contributed by atoms with Gasteiger partial charge in [0.25, 0.3) is 5.91 Å². The maximum Gasteiger partial charge on any atom is 0.294 e. The summed E-state index contributed by atoms with van der Waals surface area (Å²) in [6.45, 7) is 0. The molecule has 1 fully saturated rings. The van der Waals surface area contributed by atoms with E-state index in [1.807, 2.05) is 42.5 Å². The molecule has 0 spiro atoms. The van der Waals surface area contributed by atoms with Crippen LogP contribution in [0, 0.1) is 5.92 Å². The Hall–Kier alpha value is -3.74. The molecule has 1 unspecified atom stereocenters. The quantitative estimate of drug-likeness (QED) is 0.668. The van der Waals surface area contributed by atoms with Crippen molar-refractivity contribution in [2.45, 2.75) is 12.8 Å². The lowest BCUT2D eigenvalue weighted by molar-refractivity contribution is -0.125. The maximum atomic E-state index is 12.4. The van der Waals surface area contributed by atoms with E-state index in [0.29, 0.717) is 17.8 Å². The maximum absolute atomic E-state index is 12.4. The van der Waals surface area contributed by atoms with Gasteiger partial charge in [-0.25, -0.2) is 0 Å². The Balaban J connectivity index is 1.39. The number of hydrogen-bond acceptors (Lipinski definition) is 5. The summed E-state index contributed by atoms with van der Waals surface area (Å²) >= 11 is 0. The Morgan fingerprint density at radius 2 is 1.86 bits per heavy atom. The third kappa shape index (κ3) is 3.83. The lowest BCUT2D eigenvalue weighted by Gasteiger charge is -2.07. The Kier molecular flexibility index (Phi) is 4.72. The Morgan fingerprint density at radius 3 is 2.54 bits per heavy atom. The van der Waals surface area contributed by atoms with Gasteiger partial charge in [-0.1, -0.05) is 47.6 Å². The number of benzene rings is 2. The van der Waals surface area contributed by atoms with E-state index in [4.69, 9.17) is 4.52 Å². The van der Waals surface area contributed by atoms with Gasteiger partial charge >= 0.3 is 0 Å². The molecule has 0 saturated carbocycles. The first-order valence-corrected chi connectivity index (χ1v) is 8.84. The van der Waals surface area contributed by atoms with E-state index < -0.39 is 5.91 Å². The van der Waals surface area contributed by atoms with Crippen LogP contribution in [0.2, 0.25) is 0 Å². The van der Waals surface area contributed by atoms with Crippen LogP contribution < -0.4 is 10.6 Å². The van der Waals surface area contributed by atoms with Crippen LogP contribution in [0.5, 0.6) is 0 Å². The zero-order valence-corrected chi connectivity index (χ0v) is 14.8. The van der Waals surface area contributed by atoms with Gasteiger partial charge in [0, 0.05) is 23.7 Å². The molecule has 4 rings (SSSR count). The smallest absolute Gasteiger partial charge is 0.294 e. The molecule has 1 saturated heterocycles. The number of carbonyl (C=O) groups is 3. The summed E-state index contributed by atoms with van der Waals surface area (Å²) in [5.74, 6) is -1.09. The molecule has 2 N–H and O–H groups in total. The van der Waals surface area contributed by atoms with Crippen LogP contribution in [0.3, 0.4) is 0 Å². The van der Waals surface area contributed by atoms with Crippen molar-refractivity contribution in [1.29, 1.82) is 0 Å². The van der Waals surface area contributed by atoms with Gasteiger partial charge in [-0.2, -0.15) is 0 Å². The number of nitrogens with zero attached hydrogens (tertiary/aromatic N) is 1. The fraction of sp³-hybridized carbons (Fsp3) is 0.143. The van der Waals surface area contributed by atoms with Crippen molar-refractivity contribution in [1.82, 2.24) is 10.5 Å². The number of rotatable bonds is 5. The molecule has 0 bridgehead atoms. The molecule has 1 aliphatic heterocycles. The zero-order valence-electron chi connectivity index (χ0n) is 14.8. The molecule has 1 aliphatic rings. The van der Waals surface area contributed by atoms with Gasteiger partial charge in [-0.05, 0) is 24.1 Å². The summed E-state index contributed by atoms with van der Waals surface area (Å²) in [6.07, 6.45) is 0.695. The van der Waals surface area contributed by atoms with Crippen molar-refractivity contribution in [2.75, 3.05) is 5.32 Å². The summed E-state index contributed by atoms with van der Waals surface area (Å²) in [4.78, 5) is 35.3. The van der Waals surface area contributed by atoms with E-state index >= 15 is 0 Å². The molecule has 3 amide bonds. The molecule has 0 radical (unpaired) electrons. The van der Waals surface area contributed by atoms with E-state index in [1.54, 1.807) is 18.2 Å². The third-order valence-electron chi connectivity index (χ3n) is 4.56. The minimum absolute atomic E-state index is 0.115. The second-order valence-corrected chi connectivity index (χ2v) is 6.61. The van der Waals surface area contributed by atoms with Crippen LogP contribution in [0.25, 0.3) is 11.3 Å². The highest BCUT2D eigenvalue weighted by atomic mass is 16.5. The van der Waals surface area contributed by atoms with Gasteiger partial charge in [0.1, 0.15) is 5.69 Å². The molecule has 0 aliphatic carbocycles. The van der Waals surface area contributed by atoms with Crippen molar-refractivity contribution in [2.24, 2.45) is 5.92 Å². The Labute approximate surface area is 160 Å². The number of amides is 3. The largest absolute Gasteiger partial charge is 0.350 e. The first-order valence-electron chi connectivity index (χ1n) is 8.84. The Bertz CT molecular complexity index is 1030. The minimum atomic E-state index is -0.400. The molecule has 2 aromatic carbocycles. The average molecular weight is 375 g/mol. The van der Waals surface area contributed by atoms with E-state index in [9.17, 15) is 14.4 Å². The predicted octanol–water partition coefficient (Wildman–Crippen LogP) is 2.80. The highest BCUT2D eigenvalue weighted by molar-refractivity contribution is 6.04. The number of aromatic nitrogens is 1. The first-order chi connectivity index (χ1) is 13.6. The molecule has 2 heterocycles. The van der Waals surface area contributed by atoms with Gasteiger partial charge in [-0.15, -0.1) is 0 Å². The number of imide groups is 1. The predicted molar refractivity (Wildman–Crippen MR) is 101 cm³/mol. The number of hydrogen-bond donors (Lipinski definition) is 2. The van der Waals surface area contributed by atoms with E-state index in [0.717, 1.165) is 11.1 Å². The highest BCUT2D eigenvalue weighted by Gasteiger charge is 2.30. The Morgan fingerprint density at radius 1 is 1.11 bits per heavy atom.